The summed E-state index contributed by atoms with van der Waals surface area (Å²) in [5.41, 5.74) is 0.711. The highest BCUT2D eigenvalue weighted by Gasteiger charge is 2.23. The van der Waals surface area contributed by atoms with E-state index in [1.165, 1.54) is 12.1 Å². The van der Waals surface area contributed by atoms with E-state index in [-0.39, 0.29) is 11.2 Å². The van der Waals surface area contributed by atoms with Crippen molar-refractivity contribution < 1.29 is 8.78 Å². The molecule has 1 heterocycles. The van der Waals surface area contributed by atoms with E-state index in [9.17, 15) is 8.78 Å². The largest absolute Gasteiger partial charge is 0.367 e. The molecule has 1 atom stereocenters. The lowest BCUT2D eigenvalue weighted by atomic mass is 9.99. The van der Waals surface area contributed by atoms with Gasteiger partial charge in [-0.15, -0.1) is 0 Å². The van der Waals surface area contributed by atoms with Crippen LogP contribution in [0.25, 0.3) is 0 Å². The second-order valence-corrected chi connectivity index (χ2v) is 7.21. The molecular weight excluding hydrogens is 270 g/mol. The molecule has 0 bridgehead atoms. The lowest BCUT2D eigenvalue weighted by molar-refractivity contribution is 0.421. The van der Waals surface area contributed by atoms with Crippen molar-refractivity contribution >= 4 is 5.69 Å². The van der Waals surface area contributed by atoms with Gasteiger partial charge >= 0.3 is 0 Å². The molecule has 1 saturated heterocycles. The van der Waals surface area contributed by atoms with Gasteiger partial charge in [-0.2, -0.15) is 0 Å². The fourth-order valence-corrected chi connectivity index (χ4v) is 2.78. The molecule has 1 aliphatic heterocycles. The zero-order chi connectivity index (χ0) is 15.6. The Morgan fingerprint density at radius 1 is 1.24 bits per heavy atom. The fraction of sp³-hybridized carbons (Fsp3) is 0.647. The van der Waals surface area contributed by atoms with Crippen molar-refractivity contribution in [3.8, 4) is 0 Å². The summed E-state index contributed by atoms with van der Waals surface area (Å²) < 4.78 is 28.7. The van der Waals surface area contributed by atoms with Crippen LogP contribution in [-0.2, 0) is 6.54 Å². The average molecular weight is 296 g/mol. The normalized spacial score (nSPS) is 19.9. The molecule has 0 radical (unpaired) electrons. The van der Waals surface area contributed by atoms with Gasteiger partial charge in [0.25, 0.3) is 0 Å². The summed E-state index contributed by atoms with van der Waals surface area (Å²) in [4.78, 5) is 1.85. The molecule has 0 amide bonds. The Morgan fingerprint density at radius 3 is 2.38 bits per heavy atom. The van der Waals surface area contributed by atoms with Crippen molar-refractivity contribution in [1.82, 2.24) is 5.32 Å². The lowest BCUT2D eigenvalue weighted by Gasteiger charge is -2.33. The van der Waals surface area contributed by atoms with Crippen LogP contribution in [0, 0.1) is 17.6 Å². The summed E-state index contributed by atoms with van der Waals surface area (Å²) in [5.74, 6) is -0.413. The van der Waals surface area contributed by atoms with E-state index in [1.807, 2.05) is 25.7 Å². The number of benzene rings is 1. The third-order valence-corrected chi connectivity index (χ3v) is 3.87. The highest BCUT2D eigenvalue weighted by molar-refractivity contribution is 5.51. The highest BCUT2D eigenvalue weighted by Crippen LogP contribution is 2.29. The third kappa shape index (κ3) is 4.40. The van der Waals surface area contributed by atoms with Crippen molar-refractivity contribution in [3.63, 3.8) is 0 Å². The fourth-order valence-electron chi connectivity index (χ4n) is 2.78. The summed E-state index contributed by atoms with van der Waals surface area (Å²) in [7, 11) is 0. The Kier molecular flexibility index (Phi) is 4.87. The van der Waals surface area contributed by atoms with Crippen molar-refractivity contribution in [2.75, 3.05) is 18.0 Å². The van der Waals surface area contributed by atoms with Crippen LogP contribution in [0.3, 0.4) is 0 Å². The molecule has 0 aliphatic carbocycles. The minimum Gasteiger partial charge on any atom is -0.367 e. The summed E-state index contributed by atoms with van der Waals surface area (Å²) in [6, 6.07) is 2.91. The second-order valence-electron chi connectivity index (χ2n) is 7.21. The van der Waals surface area contributed by atoms with E-state index in [0.717, 1.165) is 25.9 Å². The molecule has 1 aromatic carbocycles. The van der Waals surface area contributed by atoms with E-state index >= 15 is 0 Å². The molecule has 2 rings (SSSR count). The molecular formula is C17H26F2N2. The zero-order valence-electron chi connectivity index (χ0n) is 13.5. The number of rotatable bonds is 3. The summed E-state index contributed by atoms with van der Waals surface area (Å²) >= 11 is 0. The average Bonchev–Trinajstić information content (AvgIpc) is 2.35. The van der Waals surface area contributed by atoms with Crippen LogP contribution < -0.4 is 10.2 Å². The minimum atomic E-state index is -0.449. The topological polar surface area (TPSA) is 15.3 Å². The van der Waals surface area contributed by atoms with Crippen LogP contribution in [0.15, 0.2) is 12.1 Å². The number of nitrogens with one attached hydrogen (secondary N) is 1. The quantitative estimate of drug-likeness (QED) is 0.904. The van der Waals surface area contributed by atoms with Crippen LogP contribution in [0.4, 0.5) is 14.5 Å². The smallest absolute Gasteiger partial charge is 0.149 e. The Hall–Kier alpha value is -1.16. The second kappa shape index (κ2) is 6.30. The Balaban J connectivity index is 2.17. The zero-order valence-corrected chi connectivity index (χ0v) is 13.5. The molecule has 1 N–H and O–H groups in total. The first-order valence-corrected chi connectivity index (χ1v) is 7.74. The maximum atomic E-state index is 14.3. The first-order valence-electron chi connectivity index (χ1n) is 7.74. The van der Waals surface area contributed by atoms with Gasteiger partial charge in [-0.3, -0.25) is 0 Å². The summed E-state index contributed by atoms with van der Waals surface area (Å²) in [5, 5.41) is 3.25. The summed E-state index contributed by atoms with van der Waals surface area (Å²) in [6.07, 6.45) is 2.13. The van der Waals surface area contributed by atoms with Crippen molar-refractivity contribution in [2.45, 2.75) is 52.6 Å². The van der Waals surface area contributed by atoms with Gasteiger partial charge in [0.05, 0.1) is 0 Å². The van der Waals surface area contributed by atoms with Gasteiger partial charge in [0, 0.05) is 25.2 Å². The van der Waals surface area contributed by atoms with Crippen molar-refractivity contribution in [3.05, 3.63) is 29.3 Å². The first-order chi connectivity index (χ1) is 9.76. The number of halogens is 2. The predicted molar refractivity (Wildman–Crippen MR) is 83.6 cm³/mol. The maximum Gasteiger partial charge on any atom is 0.149 e. The van der Waals surface area contributed by atoms with Crippen molar-refractivity contribution in [1.29, 1.82) is 0 Å². The van der Waals surface area contributed by atoms with Crippen LogP contribution in [0.2, 0.25) is 0 Å². The highest BCUT2D eigenvalue weighted by atomic mass is 19.1. The number of hydrogen-bond acceptors (Lipinski definition) is 2. The Bertz CT molecular complexity index is 471. The van der Waals surface area contributed by atoms with Gasteiger partial charge in [0.15, 0.2) is 0 Å². The maximum absolute atomic E-state index is 14.3. The number of anilines is 1. The van der Waals surface area contributed by atoms with Gasteiger partial charge in [0.1, 0.15) is 17.3 Å². The van der Waals surface area contributed by atoms with Crippen LogP contribution in [0.1, 0.15) is 46.1 Å². The molecule has 4 heteroatoms. The first kappa shape index (κ1) is 16.2. The Morgan fingerprint density at radius 2 is 1.86 bits per heavy atom. The standard InChI is InChI=1S/C17H26F2N2/c1-12-6-5-7-21(11-12)16-14(18)8-13(9-15(16)19)10-20-17(2,3)4/h8-9,12,20H,5-7,10-11H2,1-4H3. The molecule has 1 aromatic rings. The lowest BCUT2D eigenvalue weighted by Crippen LogP contribution is -2.36. The molecule has 1 unspecified atom stereocenters. The van der Waals surface area contributed by atoms with E-state index in [0.29, 0.717) is 18.0 Å². The van der Waals surface area contributed by atoms with E-state index < -0.39 is 11.6 Å². The van der Waals surface area contributed by atoms with E-state index in [2.05, 4.69) is 12.2 Å². The molecule has 0 aromatic heterocycles. The van der Waals surface area contributed by atoms with Crippen LogP contribution >= 0.6 is 0 Å². The summed E-state index contributed by atoms with van der Waals surface area (Å²) in [6.45, 7) is 10.2. The monoisotopic (exact) mass is 296 g/mol. The number of hydrogen-bond donors (Lipinski definition) is 1. The number of piperidine rings is 1. The molecule has 21 heavy (non-hydrogen) atoms. The Labute approximate surface area is 126 Å². The predicted octanol–water partition coefficient (Wildman–Crippen LogP) is 4.09. The minimum absolute atomic E-state index is 0.0755. The van der Waals surface area contributed by atoms with Gasteiger partial charge in [-0.1, -0.05) is 6.92 Å². The molecule has 0 saturated carbocycles. The molecule has 118 valence electrons. The molecule has 1 aliphatic rings. The van der Waals surface area contributed by atoms with Crippen LogP contribution in [0.5, 0.6) is 0 Å². The van der Waals surface area contributed by atoms with E-state index in [4.69, 9.17) is 0 Å². The molecule has 2 nitrogen and oxygen atoms in total. The van der Waals surface area contributed by atoms with Crippen molar-refractivity contribution in [2.24, 2.45) is 5.92 Å². The third-order valence-electron chi connectivity index (χ3n) is 3.87. The molecule has 0 spiro atoms. The van der Waals surface area contributed by atoms with Gasteiger partial charge in [0.2, 0.25) is 0 Å². The SMILES string of the molecule is CC1CCCN(c2c(F)cc(CNC(C)(C)C)cc2F)C1. The van der Waals surface area contributed by atoms with Gasteiger partial charge < -0.3 is 10.2 Å². The van der Waals surface area contributed by atoms with Crippen LogP contribution in [-0.4, -0.2) is 18.6 Å². The molecule has 1 fully saturated rings. The van der Waals surface area contributed by atoms with E-state index in [1.54, 1.807) is 0 Å². The number of nitrogens with zero attached hydrogens (tertiary/aromatic N) is 1. The van der Waals surface area contributed by atoms with Gasteiger partial charge in [-0.05, 0) is 57.2 Å². The van der Waals surface area contributed by atoms with Gasteiger partial charge in [-0.25, -0.2) is 8.78 Å².